The fourth-order valence-corrected chi connectivity index (χ4v) is 0.854. The van der Waals surface area contributed by atoms with Crippen molar-refractivity contribution in [3.63, 3.8) is 0 Å². The summed E-state index contributed by atoms with van der Waals surface area (Å²) in [5.74, 6) is 0. The molecule has 0 amide bonds. The quantitative estimate of drug-likeness (QED) is 0.520. The molecular weight excluding hydrogens is 120 g/mol. The Labute approximate surface area is 65.3 Å². The lowest BCUT2D eigenvalue weighted by Crippen LogP contribution is -1.81. The van der Waals surface area contributed by atoms with E-state index < -0.39 is 0 Å². The average Bonchev–Trinajstić information content (AvgIpc) is 1.88. The largest absolute Gasteiger partial charge is 0.0744 e. The maximum atomic E-state index is 3.90. The summed E-state index contributed by atoms with van der Waals surface area (Å²) in [4.78, 5) is 0. The summed E-state index contributed by atoms with van der Waals surface area (Å²) in [7, 11) is 0. The lowest BCUT2D eigenvalue weighted by Gasteiger charge is -2.01. The van der Waals surface area contributed by atoms with Gasteiger partial charge in [0.15, 0.2) is 0 Å². The van der Waals surface area contributed by atoms with E-state index in [0.29, 0.717) is 0 Å². The van der Waals surface area contributed by atoms with Crippen molar-refractivity contribution in [2.45, 2.75) is 46.5 Å². The van der Waals surface area contributed by atoms with Crippen molar-refractivity contribution in [1.29, 1.82) is 0 Å². The number of unbranched alkanes of at least 4 members (excludes halogenated alkanes) is 2. The van der Waals surface area contributed by atoms with E-state index >= 15 is 0 Å². The Morgan fingerprint density at radius 3 is 2.20 bits per heavy atom. The third-order valence-electron chi connectivity index (χ3n) is 1.88. The van der Waals surface area contributed by atoms with Gasteiger partial charge in [0.2, 0.25) is 0 Å². The molecule has 59 valence electrons. The predicted molar refractivity (Wildman–Crippen MR) is 47.9 cm³/mol. The third kappa shape index (κ3) is 4.60. The van der Waals surface area contributed by atoms with E-state index in [-0.39, 0.29) is 0 Å². The molecule has 0 unspecified atom stereocenters. The van der Waals surface area contributed by atoms with Crippen LogP contribution in [0.4, 0.5) is 0 Å². The molecule has 0 aliphatic rings. The fraction of sp³-hybridized carbons (Fsp3) is 0.700. The summed E-state index contributed by atoms with van der Waals surface area (Å²) >= 11 is 0. The van der Waals surface area contributed by atoms with Gasteiger partial charge in [-0.3, -0.25) is 0 Å². The highest BCUT2D eigenvalue weighted by atomic mass is 14.0. The van der Waals surface area contributed by atoms with Crippen molar-refractivity contribution in [2.24, 2.45) is 0 Å². The van der Waals surface area contributed by atoms with Crippen LogP contribution in [0.1, 0.15) is 46.5 Å². The number of hydrogen-bond acceptors (Lipinski definition) is 0. The van der Waals surface area contributed by atoms with Crippen molar-refractivity contribution in [2.75, 3.05) is 0 Å². The van der Waals surface area contributed by atoms with Crippen molar-refractivity contribution in [3.05, 3.63) is 18.1 Å². The molecule has 0 aliphatic heterocycles. The highest BCUT2D eigenvalue weighted by molar-refractivity contribution is 5.11. The first-order chi connectivity index (χ1) is 4.68. The SMILES string of the molecule is [CH2]C(C)=C(C)CCCCC. The van der Waals surface area contributed by atoms with Crippen molar-refractivity contribution in [1.82, 2.24) is 0 Å². The topological polar surface area (TPSA) is 0 Å². The molecule has 0 rings (SSSR count). The first kappa shape index (κ1) is 9.74. The monoisotopic (exact) mass is 139 g/mol. The molecule has 0 aliphatic carbocycles. The van der Waals surface area contributed by atoms with E-state index in [4.69, 9.17) is 0 Å². The Morgan fingerprint density at radius 2 is 1.80 bits per heavy atom. The first-order valence-corrected chi connectivity index (χ1v) is 4.16. The minimum atomic E-state index is 1.24. The number of rotatable bonds is 4. The summed E-state index contributed by atoms with van der Waals surface area (Å²) < 4.78 is 0. The van der Waals surface area contributed by atoms with E-state index in [0.717, 1.165) is 0 Å². The Bertz CT molecular complexity index is 105. The summed E-state index contributed by atoms with van der Waals surface area (Å²) in [6, 6.07) is 0. The molecule has 1 radical (unpaired) electrons. The molecule has 0 fully saturated rings. The summed E-state index contributed by atoms with van der Waals surface area (Å²) in [6.45, 7) is 10.4. The molecule has 0 heterocycles. The van der Waals surface area contributed by atoms with E-state index in [2.05, 4.69) is 27.7 Å². The second kappa shape index (κ2) is 5.52. The Hall–Kier alpha value is -0.260. The van der Waals surface area contributed by atoms with Crippen LogP contribution in [0.15, 0.2) is 11.1 Å². The van der Waals surface area contributed by atoms with Crippen LogP contribution in [-0.2, 0) is 0 Å². The molecule has 0 spiro atoms. The smallest absolute Gasteiger partial charge is 0.0283 e. The van der Waals surface area contributed by atoms with Gasteiger partial charge < -0.3 is 0 Å². The van der Waals surface area contributed by atoms with E-state index in [9.17, 15) is 0 Å². The number of hydrogen-bond donors (Lipinski definition) is 0. The standard InChI is InChI=1S/C10H19/c1-5-6-7-8-10(4)9(2)3/h2,5-8H2,1,3-4H3. The highest BCUT2D eigenvalue weighted by Gasteiger charge is 1.91. The van der Waals surface area contributed by atoms with Gasteiger partial charge in [-0.2, -0.15) is 0 Å². The number of allylic oxidation sites excluding steroid dienone is 2. The molecule has 0 N–H and O–H groups in total. The fourth-order valence-electron chi connectivity index (χ4n) is 0.854. The maximum absolute atomic E-state index is 3.90. The van der Waals surface area contributed by atoms with Crippen molar-refractivity contribution < 1.29 is 0 Å². The third-order valence-corrected chi connectivity index (χ3v) is 1.88. The average molecular weight is 139 g/mol. The molecule has 0 nitrogen and oxygen atoms in total. The van der Waals surface area contributed by atoms with Gasteiger partial charge in [-0.05, 0) is 33.6 Å². The summed E-state index contributed by atoms with van der Waals surface area (Å²) in [5, 5.41) is 0. The molecule has 0 aromatic carbocycles. The van der Waals surface area contributed by atoms with Crippen LogP contribution in [0, 0.1) is 6.92 Å². The zero-order valence-electron chi connectivity index (χ0n) is 7.54. The lowest BCUT2D eigenvalue weighted by molar-refractivity contribution is 0.711. The van der Waals surface area contributed by atoms with Gasteiger partial charge in [-0.1, -0.05) is 30.9 Å². The zero-order valence-corrected chi connectivity index (χ0v) is 7.54. The highest BCUT2D eigenvalue weighted by Crippen LogP contribution is 2.11. The lowest BCUT2D eigenvalue weighted by atomic mass is 10.1. The molecule has 0 saturated heterocycles. The van der Waals surface area contributed by atoms with E-state index in [1.165, 1.54) is 36.8 Å². The summed E-state index contributed by atoms with van der Waals surface area (Å²) in [5.41, 5.74) is 2.71. The van der Waals surface area contributed by atoms with Crippen LogP contribution in [0.25, 0.3) is 0 Å². The maximum Gasteiger partial charge on any atom is -0.0283 e. The first-order valence-electron chi connectivity index (χ1n) is 4.16. The van der Waals surface area contributed by atoms with E-state index in [1.807, 2.05) is 0 Å². The summed E-state index contributed by atoms with van der Waals surface area (Å²) in [6.07, 6.45) is 5.23. The van der Waals surface area contributed by atoms with Gasteiger partial charge in [0.25, 0.3) is 0 Å². The van der Waals surface area contributed by atoms with Crippen molar-refractivity contribution in [3.8, 4) is 0 Å². The molecule has 0 aromatic heterocycles. The Kier molecular flexibility index (Phi) is 5.38. The van der Waals surface area contributed by atoms with Crippen LogP contribution in [0.3, 0.4) is 0 Å². The van der Waals surface area contributed by atoms with Gasteiger partial charge in [-0.15, -0.1) is 0 Å². The molecule has 10 heavy (non-hydrogen) atoms. The van der Waals surface area contributed by atoms with E-state index in [1.54, 1.807) is 0 Å². The van der Waals surface area contributed by atoms with Crippen LogP contribution < -0.4 is 0 Å². The van der Waals surface area contributed by atoms with Gasteiger partial charge in [0, 0.05) is 0 Å². The predicted octanol–water partition coefficient (Wildman–Crippen LogP) is 3.74. The van der Waals surface area contributed by atoms with Gasteiger partial charge >= 0.3 is 0 Å². The molecule has 0 saturated carbocycles. The molecule has 0 atom stereocenters. The Balaban J connectivity index is 3.40. The van der Waals surface area contributed by atoms with Crippen LogP contribution >= 0.6 is 0 Å². The van der Waals surface area contributed by atoms with Crippen molar-refractivity contribution >= 4 is 0 Å². The Morgan fingerprint density at radius 1 is 1.20 bits per heavy atom. The molecule has 0 bridgehead atoms. The van der Waals surface area contributed by atoms with Gasteiger partial charge in [0.1, 0.15) is 0 Å². The molecule has 0 aromatic rings. The minimum absolute atomic E-state index is 1.24. The minimum Gasteiger partial charge on any atom is -0.0744 e. The van der Waals surface area contributed by atoms with Gasteiger partial charge in [-0.25, -0.2) is 0 Å². The normalized spacial score (nSPS) is 13.2. The van der Waals surface area contributed by atoms with Crippen LogP contribution in [0.2, 0.25) is 0 Å². The molecule has 0 heteroatoms. The second-order valence-corrected chi connectivity index (χ2v) is 3.02. The van der Waals surface area contributed by atoms with Crippen LogP contribution in [-0.4, -0.2) is 0 Å². The second-order valence-electron chi connectivity index (χ2n) is 3.02. The van der Waals surface area contributed by atoms with Gasteiger partial charge in [0.05, 0.1) is 0 Å². The molecular formula is C10H19. The van der Waals surface area contributed by atoms with Crippen LogP contribution in [0.5, 0.6) is 0 Å². The zero-order chi connectivity index (χ0) is 7.98.